The molecule has 2 bridgehead atoms. The molecular formula is C75H54O47. The Balaban J connectivity index is 1.07. The highest BCUT2D eigenvalue weighted by Gasteiger charge is 2.59. The van der Waals surface area contributed by atoms with Gasteiger partial charge >= 0.3 is 53.7 Å². The number of benzene rings is 9. The molecule has 0 spiro atoms. The summed E-state index contributed by atoms with van der Waals surface area (Å²) in [6.07, 6.45) is -27.9. The zero-order chi connectivity index (χ0) is 89.2. The standard InChI is InChI=1S/C75H54O47/c76-23-1-15(2-24(77)45(23)89)66(104)114-14-36-61(64(119-67(105)16-3-25(78)46(90)26(79)4-16)65(121-68(106)17-5-27(80)47(91)28(81)6-17)75(115-36)122-69(107)18-7-29(82)48(92)30(83)8-18)117-72(110)22-12-34(87)52(96)56(100)40(22)43-42-44-41(57(101)59(103)58(42)102)39-21(11-33(86)51(95)55(39)99)73(111)120-63(62(43)118-74(44)112)60-35(88)13-113-70(108)19-9-31(84)49(93)53(97)37(19)38-20(71(109)116-60)10-32(85)50(94)54(38)98/h1-12,35-36,43,60-65,75-103H,13-14H2/t35-,36-,43+,60-,61-,62+,63?,64+,65-,75+/m1/s1. The molecule has 10 atom stereocenters. The molecule has 0 aliphatic carbocycles. The number of hydrogen-bond donors (Lipinski definition) is 28. The van der Waals surface area contributed by atoms with Gasteiger partial charge in [0.2, 0.25) is 41.1 Å². The zero-order valence-corrected chi connectivity index (χ0v) is 59.9. The smallest absolute Gasteiger partial charge is 0.340 e. The van der Waals surface area contributed by atoms with Crippen LogP contribution in [-0.4, -0.2) is 265 Å². The highest BCUT2D eigenvalue weighted by molar-refractivity contribution is 6.12. The average molecular weight is 1710 g/mol. The number of aromatic hydroxyl groups is 27. The first kappa shape index (κ1) is 82.7. The molecular weight excluding hydrogens is 1650 g/mol. The van der Waals surface area contributed by atoms with Crippen LogP contribution in [0.1, 0.15) is 110 Å². The molecule has 4 aliphatic rings. The molecule has 4 heterocycles. The van der Waals surface area contributed by atoms with Crippen LogP contribution in [-0.2, 0) is 47.4 Å². The fourth-order valence-electron chi connectivity index (χ4n) is 13.6. The van der Waals surface area contributed by atoms with Crippen LogP contribution in [0.4, 0.5) is 0 Å². The van der Waals surface area contributed by atoms with Crippen LogP contribution in [0.2, 0.25) is 0 Å². The first-order chi connectivity index (χ1) is 57.3. The largest absolute Gasteiger partial charge is 0.504 e. The van der Waals surface area contributed by atoms with E-state index in [1.807, 2.05) is 0 Å². The second-order valence-corrected chi connectivity index (χ2v) is 26.7. The number of ether oxygens (including phenoxy) is 10. The molecule has 4 aliphatic heterocycles. The van der Waals surface area contributed by atoms with E-state index in [0.717, 1.165) is 0 Å². The minimum absolute atomic E-state index is 0.0159. The van der Waals surface area contributed by atoms with E-state index in [4.69, 9.17) is 47.4 Å². The Morgan fingerprint density at radius 1 is 0.303 bits per heavy atom. The summed E-state index contributed by atoms with van der Waals surface area (Å²) in [4.78, 5) is 135. The van der Waals surface area contributed by atoms with Gasteiger partial charge in [-0.3, -0.25) is 0 Å². The third kappa shape index (κ3) is 13.9. The predicted octanol–water partition coefficient (Wildman–Crippen LogP) is 2.45. The molecule has 1 fully saturated rings. The molecule has 0 radical (unpaired) electrons. The lowest BCUT2D eigenvalue weighted by atomic mass is 9.73. The van der Waals surface area contributed by atoms with E-state index in [1.54, 1.807) is 0 Å². The summed E-state index contributed by atoms with van der Waals surface area (Å²) in [6.45, 7) is -3.47. The quantitative estimate of drug-likeness (QED) is 0.0448. The lowest BCUT2D eigenvalue weighted by molar-refractivity contribution is -0.282. The molecule has 47 heteroatoms. The number of aliphatic hydroxyl groups excluding tert-OH is 1. The van der Waals surface area contributed by atoms with E-state index >= 15 is 19.2 Å². The molecule has 9 aromatic rings. The molecule has 1 unspecified atom stereocenters. The van der Waals surface area contributed by atoms with Gasteiger partial charge in [-0.05, 0) is 72.8 Å². The summed E-state index contributed by atoms with van der Waals surface area (Å²) in [5.74, 6) is -63.3. The van der Waals surface area contributed by atoms with Gasteiger partial charge < -0.3 is 190 Å². The van der Waals surface area contributed by atoms with Crippen LogP contribution in [0.15, 0.2) is 72.8 Å². The van der Waals surface area contributed by atoms with Crippen molar-refractivity contribution < 1.29 is 234 Å². The second-order valence-electron chi connectivity index (χ2n) is 26.7. The SMILES string of the molecule is O=C(OC[C@H]1O[C@@H](OC(=O)c2cc(O)c(O)c(O)c2)[C@H](OC(=O)c2cc(O)c(O)c(O)c2)[C@@H](OC(=O)c2cc(O)c(O)c(O)c2)[C@@H]1OC(=O)c1cc(O)c(O)c(O)c1[C@H]1c2c(O)c(O)c(O)c3c2C(=O)O[C@@H]1C([C@@H]1OC(=O)c2cc(O)c(O)c(O)c2-c2c(cc(O)c(O)c2O)C(=O)OC[C@H]1O)OC(=O)c1cc(O)c(O)c(O)c1-3)c1cc(O)c(O)c(O)c1. The average Bonchev–Trinajstić information content (AvgIpc) is 0.702. The van der Waals surface area contributed by atoms with Crippen molar-refractivity contribution in [2.45, 2.75) is 61.0 Å². The molecule has 0 amide bonds. The van der Waals surface area contributed by atoms with Gasteiger partial charge in [0, 0.05) is 33.4 Å². The molecule has 122 heavy (non-hydrogen) atoms. The van der Waals surface area contributed by atoms with E-state index in [0.29, 0.717) is 54.6 Å². The van der Waals surface area contributed by atoms with Crippen molar-refractivity contribution in [2.24, 2.45) is 0 Å². The van der Waals surface area contributed by atoms with Crippen molar-refractivity contribution in [2.75, 3.05) is 13.2 Å². The van der Waals surface area contributed by atoms with Gasteiger partial charge in [-0.15, -0.1) is 0 Å². The first-order valence-corrected chi connectivity index (χ1v) is 33.9. The van der Waals surface area contributed by atoms with Crippen LogP contribution in [0.3, 0.4) is 0 Å². The predicted molar refractivity (Wildman–Crippen MR) is 379 cm³/mol. The lowest BCUT2D eigenvalue weighted by Crippen LogP contribution is -2.63. The third-order valence-electron chi connectivity index (χ3n) is 19.3. The van der Waals surface area contributed by atoms with Gasteiger partial charge in [0.1, 0.15) is 25.4 Å². The highest BCUT2D eigenvalue weighted by atomic mass is 16.8. The normalized spacial score (nSPS) is 19.7. The minimum atomic E-state index is -3.32. The van der Waals surface area contributed by atoms with Crippen molar-refractivity contribution in [3.05, 3.63) is 134 Å². The maximum absolute atomic E-state index is 16.3. The zero-order valence-electron chi connectivity index (χ0n) is 59.9. The summed E-state index contributed by atoms with van der Waals surface area (Å²) in [5, 5.41) is 311. The fraction of sp³-hybridized carbons (Fsp3) is 0.160. The highest BCUT2D eigenvalue weighted by Crippen LogP contribution is 2.62. The van der Waals surface area contributed by atoms with Gasteiger partial charge in [0.15, 0.2) is 157 Å². The van der Waals surface area contributed by atoms with Crippen LogP contribution in [0.25, 0.3) is 22.3 Å². The summed E-state index contributed by atoms with van der Waals surface area (Å²) < 4.78 is 57.3. The first-order valence-electron chi connectivity index (χ1n) is 33.9. The van der Waals surface area contributed by atoms with Crippen molar-refractivity contribution in [1.29, 1.82) is 0 Å². The molecule has 1 saturated heterocycles. The molecule has 13 rings (SSSR count). The van der Waals surface area contributed by atoms with Crippen molar-refractivity contribution in [1.82, 2.24) is 0 Å². The number of esters is 9. The Bertz CT molecular complexity index is 5990. The van der Waals surface area contributed by atoms with Crippen molar-refractivity contribution in [3.8, 4) is 177 Å². The van der Waals surface area contributed by atoms with E-state index in [-0.39, 0.29) is 18.2 Å². The van der Waals surface area contributed by atoms with Crippen LogP contribution in [0.5, 0.6) is 155 Å². The van der Waals surface area contributed by atoms with Gasteiger partial charge in [-0.25, -0.2) is 43.2 Å². The van der Waals surface area contributed by atoms with E-state index in [9.17, 15) is 167 Å². The molecule has 9 aromatic carbocycles. The van der Waals surface area contributed by atoms with Crippen LogP contribution < -0.4 is 0 Å². The van der Waals surface area contributed by atoms with Crippen molar-refractivity contribution >= 4 is 53.7 Å². The number of hydrogen-bond acceptors (Lipinski definition) is 47. The topological polar surface area (TPSA) is 812 Å². The Labute approximate surface area is 670 Å². The van der Waals surface area contributed by atoms with Crippen LogP contribution in [0, 0.1) is 0 Å². The number of phenolic OH excluding ortho intramolecular Hbond substituents is 27. The van der Waals surface area contributed by atoms with Gasteiger partial charge in [-0.2, -0.15) is 0 Å². The van der Waals surface area contributed by atoms with Gasteiger partial charge in [0.25, 0.3) is 0 Å². The van der Waals surface area contributed by atoms with Gasteiger partial charge in [0.05, 0.1) is 56.0 Å². The molecule has 47 nitrogen and oxygen atoms in total. The third-order valence-corrected chi connectivity index (χ3v) is 19.3. The molecule has 28 N–H and O–H groups in total. The monoisotopic (exact) mass is 1710 g/mol. The maximum atomic E-state index is 16.3. The Kier molecular flexibility index (Phi) is 20.6. The second kappa shape index (κ2) is 30.4. The molecule has 0 aromatic heterocycles. The summed E-state index contributed by atoms with van der Waals surface area (Å²) >= 11 is 0. The summed E-state index contributed by atoms with van der Waals surface area (Å²) in [5.41, 5.74) is -20.5. The molecule has 636 valence electrons. The number of aliphatic hydroxyl groups is 1. The number of carbonyl (C=O) groups is 9. The van der Waals surface area contributed by atoms with E-state index < -0.39 is 367 Å². The maximum Gasteiger partial charge on any atom is 0.340 e. The number of fused-ring (bicyclic) bond motifs is 7. The lowest BCUT2D eigenvalue weighted by Gasteiger charge is -2.44. The minimum Gasteiger partial charge on any atom is -0.504 e. The summed E-state index contributed by atoms with van der Waals surface area (Å²) in [7, 11) is 0. The number of phenols is 27. The van der Waals surface area contributed by atoms with Gasteiger partial charge in [-0.1, -0.05) is 0 Å². The summed E-state index contributed by atoms with van der Waals surface area (Å²) in [6, 6.07) is 3.71. The number of cyclic esters (lactones) is 3. The van der Waals surface area contributed by atoms with E-state index in [2.05, 4.69) is 0 Å². The van der Waals surface area contributed by atoms with Crippen molar-refractivity contribution in [3.63, 3.8) is 0 Å². The Morgan fingerprint density at radius 2 is 0.639 bits per heavy atom. The Hall–Kier alpha value is -17.3. The molecule has 0 saturated carbocycles. The van der Waals surface area contributed by atoms with Crippen LogP contribution >= 0.6 is 0 Å². The van der Waals surface area contributed by atoms with E-state index in [1.165, 1.54) is 0 Å². The Morgan fingerprint density at radius 3 is 1.08 bits per heavy atom. The fourth-order valence-corrected chi connectivity index (χ4v) is 13.6. The number of carbonyl (C=O) groups excluding carboxylic acids is 9. The number of rotatable bonds is 13.